The molecule has 0 aromatic heterocycles. The largest absolute Gasteiger partial charge is 0.506 e. The van der Waals surface area contributed by atoms with E-state index in [0.29, 0.717) is 22.9 Å². The lowest BCUT2D eigenvalue weighted by molar-refractivity contribution is 0.0286. The van der Waals surface area contributed by atoms with Crippen LogP contribution in [0.3, 0.4) is 0 Å². The summed E-state index contributed by atoms with van der Waals surface area (Å²) in [7, 11) is 1.36. The number of phenolic OH excluding ortho intramolecular Hbond substituents is 2. The molecule has 0 bridgehead atoms. The summed E-state index contributed by atoms with van der Waals surface area (Å²) >= 11 is 0. The number of hydrogen-bond donors (Lipinski definition) is 2. The number of fused-ring (bicyclic) bond motifs is 7. The highest BCUT2D eigenvalue weighted by Gasteiger charge is 2.44. The van der Waals surface area contributed by atoms with E-state index in [4.69, 9.17) is 23.7 Å². The molecule has 2 atom stereocenters. The molecule has 41 heavy (non-hydrogen) atoms. The highest BCUT2D eigenvalue weighted by Crippen LogP contribution is 2.52. The van der Waals surface area contributed by atoms with Crippen molar-refractivity contribution in [2.75, 3.05) is 13.9 Å². The summed E-state index contributed by atoms with van der Waals surface area (Å²) in [6.45, 7) is 2.91. The number of aromatic hydroxyl groups is 2. The molecule has 0 amide bonds. The maximum atomic E-state index is 14.1. The number of phenols is 2. The van der Waals surface area contributed by atoms with Gasteiger partial charge in [-0.15, -0.1) is 0 Å². The average Bonchev–Trinajstić information content (AvgIpc) is 3.10. The second-order valence-corrected chi connectivity index (χ2v) is 10.4. The van der Waals surface area contributed by atoms with Gasteiger partial charge in [0.15, 0.2) is 5.76 Å². The van der Waals surface area contributed by atoms with E-state index in [0.717, 1.165) is 0 Å². The molecule has 3 aromatic carbocycles. The Labute approximate surface area is 231 Å². The Morgan fingerprint density at radius 1 is 0.780 bits per heavy atom. The van der Waals surface area contributed by atoms with Crippen LogP contribution in [0.2, 0.25) is 0 Å². The predicted molar refractivity (Wildman–Crippen MR) is 140 cm³/mol. The van der Waals surface area contributed by atoms with Crippen molar-refractivity contribution in [1.82, 2.24) is 0 Å². The molecule has 2 N–H and O–H groups in total. The minimum atomic E-state index is -0.823. The molecule has 3 aliphatic heterocycles. The van der Waals surface area contributed by atoms with Crippen LogP contribution in [0.4, 0.5) is 0 Å². The molecule has 11 heteroatoms. The third-order valence-corrected chi connectivity index (χ3v) is 7.83. The van der Waals surface area contributed by atoms with Crippen molar-refractivity contribution >= 4 is 39.9 Å². The number of ketones is 2. The van der Waals surface area contributed by atoms with E-state index in [1.165, 1.54) is 13.2 Å². The summed E-state index contributed by atoms with van der Waals surface area (Å²) in [5.74, 6) is -4.41. The van der Waals surface area contributed by atoms with Crippen LogP contribution in [0, 0.1) is 0 Å². The number of carbonyl (C=O) groups excluding carboxylic acids is 4. The van der Waals surface area contributed by atoms with E-state index < -0.39 is 54.0 Å². The number of cyclic esters (lactones) is 2. The fraction of sp³-hybridized carbons (Fsp3) is 0.267. The second kappa shape index (κ2) is 8.47. The monoisotopic (exact) mass is 558 g/mol. The van der Waals surface area contributed by atoms with Gasteiger partial charge in [0.25, 0.3) is 0 Å². The van der Waals surface area contributed by atoms with Crippen molar-refractivity contribution in [3.05, 3.63) is 62.9 Å². The summed E-state index contributed by atoms with van der Waals surface area (Å²) in [4.78, 5) is 53.3. The first kappa shape index (κ1) is 24.9. The van der Waals surface area contributed by atoms with Gasteiger partial charge in [-0.3, -0.25) is 9.59 Å². The van der Waals surface area contributed by atoms with E-state index in [1.807, 2.05) is 0 Å². The Morgan fingerprint density at radius 3 is 2.07 bits per heavy atom. The molecular formula is C30H22O11. The highest BCUT2D eigenvalue weighted by atomic mass is 16.7. The molecule has 4 aliphatic rings. The van der Waals surface area contributed by atoms with Gasteiger partial charge in [0.05, 0.1) is 29.2 Å². The second-order valence-electron chi connectivity index (χ2n) is 10.4. The van der Waals surface area contributed by atoms with E-state index in [1.54, 1.807) is 26.0 Å². The van der Waals surface area contributed by atoms with Crippen molar-refractivity contribution in [2.24, 2.45) is 0 Å². The summed E-state index contributed by atoms with van der Waals surface area (Å²) < 4.78 is 27.8. The number of methoxy groups -OCH3 is 1. The van der Waals surface area contributed by atoms with Gasteiger partial charge in [0.1, 0.15) is 46.3 Å². The van der Waals surface area contributed by atoms with E-state index >= 15 is 0 Å². The van der Waals surface area contributed by atoms with Crippen LogP contribution in [0.25, 0.3) is 16.3 Å². The van der Waals surface area contributed by atoms with Crippen LogP contribution in [-0.2, 0) is 27.1 Å². The van der Waals surface area contributed by atoms with Gasteiger partial charge in [-0.2, -0.15) is 0 Å². The Hall–Kier alpha value is -5.06. The van der Waals surface area contributed by atoms with Gasteiger partial charge in [0.2, 0.25) is 18.4 Å². The van der Waals surface area contributed by atoms with Crippen molar-refractivity contribution in [3.63, 3.8) is 0 Å². The Kier molecular flexibility index (Phi) is 5.15. The molecule has 0 fully saturated rings. The van der Waals surface area contributed by atoms with Crippen LogP contribution in [0.1, 0.15) is 72.0 Å². The number of allylic oxidation sites excluding steroid dienone is 2. The Balaban J connectivity index is 1.52. The van der Waals surface area contributed by atoms with Gasteiger partial charge in [-0.05, 0) is 48.6 Å². The van der Waals surface area contributed by atoms with Gasteiger partial charge in [-0.1, -0.05) is 0 Å². The van der Waals surface area contributed by atoms with Gasteiger partial charge >= 0.3 is 11.9 Å². The number of rotatable bonds is 1. The fourth-order valence-electron chi connectivity index (χ4n) is 6.16. The molecule has 0 saturated heterocycles. The summed E-state index contributed by atoms with van der Waals surface area (Å²) in [5, 5.41) is 23.0. The van der Waals surface area contributed by atoms with Crippen LogP contribution in [-0.4, -0.2) is 59.8 Å². The zero-order chi connectivity index (χ0) is 28.9. The molecule has 3 aromatic rings. The Morgan fingerprint density at radius 2 is 1.41 bits per heavy atom. The number of Topliss-reactive ketones (excluding diaryl/α,β-unsaturated/α-hetero) is 2. The smallest absolute Gasteiger partial charge is 0.342 e. The zero-order valence-electron chi connectivity index (χ0n) is 22.1. The standard InChI is InChI=1S/C30H22O11/c1-10-4-12-6-14-8-16(37-3)21-22-26(34)20-15(7-13-5-11(2)41-30(36)19(13)25(20)33)23(31)28(22)39-9-38-27(21)17(14)24(32)18(12)29(35)40-10/h6-8,10-11,32-33H,4-5,9H2,1-3H3/t10-,11-/m1/s1. The lowest BCUT2D eigenvalue weighted by atomic mass is 9.80. The fourth-order valence-corrected chi connectivity index (χ4v) is 6.16. The molecule has 0 saturated carbocycles. The lowest BCUT2D eigenvalue weighted by Crippen LogP contribution is -2.29. The van der Waals surface area contributed by atoms with Gasteiger partial charge < -0.3 is 33.9 Å². The molecule has 3 heterocycles. The first-order valence-electron chi connectivity index (χ1n) is 12.9. The van der Waals surface area contributed by atoms with E-state index in [2.05, 4.69) is 0 Å². The summed E-state index contributed by atoms with van der Waals surface area (Å²) in [5.41, 5.74) is -0.0692. The maximum Gasteiger partial charge on any atom is 0.342 e. The van der Waals surface area contributed by atoms with Crippen LogP contribution < -0.4 is 9.47 Å². The zero-order valence-corrected chi connectivity index (χ0v) is 22.1. The highest BCUT2D eigenvalue weighted by molar-refractivity contribution is 6.42. The third-order valence-electron chi connectivity index (χ3n) is 7.83. The molecule has 0 radical (unpaired) electrons. The minimum Gasteiger partial charge on any atom is -0.506 e. The molecule has 0 unspecified atom stereocenters. The molecule has 7 rings (SSSR count). The van der Waals surface area contributed by atoms with Crippen molar-refractivity contribution in [3.8, 4) is 23.0 Å². The van der Waals surface area contributed by atoms with Crippen molar-refractivity contribution in [1.29, 1.82) is 0 Å². The molecular weight excluding hydrogens is 536 g/mol. The topological polar surface area (TPSA) is 155 Å². The SMILES string of the molecule is COc1cc2cc3c(c(O)c2c2c1C1=C(OCO2)C(=O)c2cc4c(c(O)c2C1=O)C(=O)O[C@H](C)C4)C(=O)O[C@H](C)C3. The molecule has 0 spiro atoms. The van der Waals surface area contributed by atoms with E-state index in [-0.39, 0.29) is 62.5 Å². The maximum absolute atomic E-state index is 14.1. The average molecular weight is 558 g/mol. The van der Waals surface area contributed by atoms with Crippen LogP contribution >= 0.6 is 0 Å². The molecule has 1 aliphatic carbocycles. The molecule has 11 nitrogen and oxygen atoms in total. The lowest BCUT2D eigenvalue weighted by Gasteiger charge is -2.27. The number of esters is 2. The van der Waals surface area contributed by atoms with Gasteiger partial charge in [-0.25, -0.2) is 9.59 Å². The van der Waals surface area contributed by atoms with Crippen LogP contribution in [0.15, 0.2) is 24.0 Å². The third kappa shape index (κ3) is 3.32. The normalized spacial score (nSPS) is 20.9. The predicted octanol–water partition coefficient (Wildman–Crippen LogP) is 3.62. The van der Waals surface area contributed by atoms with Crippen molar-refractivity contribution in [2.45, 2.75) is 38.9 Å². The van der Waals surface area contributed by atoms with Crippen LogP contribution in [0.5, 0.6) is 23.0 Å². The number of carbonyl (C=O) groups is 4. The number of ether oxygens (including phenoxy) is 5. The molecule has 208 valence electrons. The van der Waals surface area contributed by atoms with Gasteiger partial charge in [0, 0.05) is 18.4 Å². The first-order valence-corrected chi connectivity index (χ1v) is 12.9. The van der Waals surface area contributed by atoms with E-state index in [9.17, 15) is 29.4 Å². The minimum absolute atomic E-state index is 0.0161. The first-order chi connectivity index (χ1) is 19.6. The number of hydrogen-bond acceptors (Lipinski definition) is 11. The Bertz CT molecular complexity index is 1830. The quantitative estimate of drug-likeness (QED) is 0.421. The summed E-state index contributed by atoms with van der Waals surface area (Å²) in [6.07, 6.45) is -0.260. The summed E-state index contributed by atoms with van der Waals surface area (Å²) in [6, 6.07) is 4.67. The van der Waals surface area contributed by atoms with Crippen molar-refractivity contribution < 1.29 is 53.1 Å². The number of benzene rings is 3.